The lowest BCUT2D eigenvalue weighted by molar-refractivity contribution is 0.478. The maximum atomic E-state index is 13.4. The van der Waals surface area contributed by atoms with Gasteiger partial charge in [-0.2, -0.15) is 0 Å². The monoisotopic (exact) mass is 384 g/mol. The Hall–Kier alpha value is -2.73. The molecule has 0 spiro atoms. The van der Waals surface area contributed by atoms with Crippen molar-refractivity contribution in [2.24, 2.45) is 7.05 Å². The van der Waals surface area contributed by atoms with Crippen molar-refractivity contribution in [2.75, 3.05) is 11.4 Å². The second-order valence-electron chi connectivity index (χ2n) is 6.54. The average molecular weight is 384 g/mol. The molecule has 0 unspecified atom stereocenters. The van der Waals surface area contributed by atoms with Crippen molar-refractivity contribution in [3.05, 3.63) is 76.0 Å². The highest BCUT2D eigenvalue weighted by atomic mass is 32.1. The van der Waals surface area contributed by atoms with Crippen molar-refractivity contribution in [3.8, 4) is 22.6 Å². The molecule has 0 bridgehead atoms. The summed E-state index contributed by atoms with van der Waals surface area (Å²) in [7, 11) is 3.55. The summed E-state index contributed by atoms with van der Waals surface area (Å²) in [6, 6.07) is 11.9. The molecule has 3 aromatic rings. The number of aromatic nitrogens is 1. The number of halogens is 1. The molecule has 0 fully saturated rings. The zero-order chi connectivity index (χ0) is 19.7. The molecule has 1 heterocycles. The molecule has 27 heavy (non-hydrogen) atoms. The van der Waals surface area contributed by atoms with Crippen LogP contribution >= 0.6 is 12.8 Å². The van der Waals surface area contributed by atoms with Gasteiger partial charge in [0.1, 0.15) is 17.3 Å². The number of benzene rings is 2. The Labute approximate surface area is 163 Å². The van der Waals surface area contributed by atoms with Crippen LogP contribution in [0.1, 0.15) is 11.1 Å². The van der Waals surface area contributed by atoms with Crippen molar-refractivity contribution in [1.82, 2.24) is 4.57 Å². The van der Waals surface area contributed by atoms with Crippen molar-refractivity contribution in [1.29, 1.82) is 0 Å². The van der Waals surface area contributed by atoms with E-state index in [2.05, 4.69) is 12.8 Å². The van der Waals surface area contributed by atoms with Crippen LogP contribution in [0.3, 0.4) is 0 Å². The number of aryl methyl sites for hydroxylation is 3. The number of anilines is 1. The summed E-state index contributed by atoms with van der Waals surface area (Å²) >= 11 is 4.36. The molecule has 4 nitrogen and oxygen atoms in total. The first kappa shape index (κ1) is 19.0. The van der Waals surface area contributed by atoms with Crippen molar-refractivity contribution in [2.45, 2.75) is 13.8 Å². The second kappa shape index (κ2) is 7.48. The van der Waals surface area contributed by atoms with Crippen molar-refractivity contribution >= 4 is 18.5 Å². The third kappa shape index (κ3) is 4.01. The Morgan fingerprint density at radius 3 is 2.37 bits per heavy atom. The summed E-state index contributed by atoms with van der Waals surface area (Å²) in [5.41, 5.74) is 3.84. The summed E-state index contributed by atoms with van der Waals surface area (Å²) in [5, 5.41) is 0. The van der Waals surface area contributed by atoms with E-state index in [0.717, 1.165) is 16.8 Å². The van der Waals surface area contributed by atoms with Crippen LogP contribution in [0.15, 0.2) is 53.5 Å². The molecule has 0 aliphatic heterocycles. The molecule has 2 aromatic carbocycles. The average Bonchev–Trinajstić information content (AvgIpc) is 2.61. The molecular weight excluding hydrogens is 363 g/mol. The topological polar surface area (TPSA) is 34.5 Å². The zero-order valence-corrected chi connectivity index (χ0v) is 16.5. The minimum absolute atomic E-state index is 0.0435. The number of nitrogens with zero attached hydrogens (tertiary/aromatic N) is 2. The molecule has 140 valence electrons. The van der Waals surface area contributed by atoms with Crippen LogP contribution in [0, 0.1) is 19.7 Å². The lowest BCUT2D eigenvalue weighted by atomic mass is 10.0. The normalized spacial score (nSPS) is 10.7. The molecule has 0 N–H and O–H groups in total. The number of pyridine rings is 1. The minimum Gasteiger partial charge on any atom is -0.456 e. The molecule has 0 radical (unpaired) electrons. The van der Waals surface area contributed by atoms with Gasteiger partial charge in [-0.3, -0.25) is 4.79 Å². The van der Waals surface area contributed by atoms with Gasteiger partial charge in [0.15, 0.2) is 0 Å². The molecule has 3 rings (SSSR count). The molecule has 1 aromatic heterocycles. The molecule has 6 heteroatoms. The Morgan fingerprint density at radius 2 is 1.74 bits per heavy atom. The largest absolute Gasteiger partial charge is 0.456 e. The van der Waals surface area contributed by atoms with E-state index < -0.39 is 0 Å². The van der Waals surface area contributed by atoms with Gasteiger partial charge in [0.2, 0.25) is 0 Å². The fraction of sp³-hybridized carbons (Fsp3) is 0.190. The molecule has 0 aliphatic rings. The van der Waals surface area contributed by atoms with Gasteiger partial charge in [-0.1, -0.05) is 12.8 Å². The van der Waals surface area contributed by atoms with Gasteiger partial charge in [0.05, 0.1) is 0 Å². The van der Waals surface area contributed by atoms with E-state index in [-0.39, 0.29) is 11.4 Å². The maximum Gasteiger partial charge on any atom is 0.253 e. The van der Waals surface area contributed by atoms with Gasteiger partial charge < -0.3 is 13.6 Å². The quantitative estimate of drug-likeness (QED) is 0.651. The zero-order valence-electron chi connectivity index (χ0n) is 15.7. The first-order valence-electron chi connectivity index (χ1n) is 8.44. The summed E-state index contributed by atoms with van der Waals surface area (Å²) < 4.78 is 22.7. The number of ether oxygens (including phenoxy) is 1. The lowest BCUT2D eigenvalue weighted by Gasteiger charge is -2.18. The van der Waals surface area contributed by atoms with Crippen molar-refractivity contribution in [3.63, 3.8) is 0 Å². The second-order valence-corrected chi connectivity index (χ2v) is 7.14. The molecule has 0 saturated heterocycles. The highest BCUT2D eigenvalue weighted by Crippen LogP contribution is 2.37. The van der Waals surface area contributed by atoms with Crippen LogP contribution in [0.5, 0.6) is 11.5 Å². The van der Waals surface area contributed by atoms with Crippen LogP contribution in [-0.2, 0) is 7.05 Å². The minimum atomic E-state index is -0.305. The van der Waals surface area contributed by atoms with E-state index in [4.69, 9.17) is 4.74 Å². The fourth-order valence-corrected chi connectivity index (χ4v) is 3.03. The third-order valence-electron chi connectivity index (χ3n) is 4.37. The van der Waals surface area contributed by atoms with E-state index in [9.17, 15) is 9.18 Å². The summed E-state index contributed by atoms with van der Waals surface area (Å²) in [6.07, 6.45) is 1.78. The maximum absolute atomic E-state index is 13.4. The van der Waals surface area contributed by atoms with Crippen molar-refractivity contribution < 1.29 is 9.13 Å². The Kier molecular flexibility index (Phi) is 5.28. The standard InChI is InChI=1S/C21H21FN2O2S/c1-13-10-16(22)5-7-19(13)26-20-8-6-17(24(4)27)11-18(20)15-9-14(2)21(25)23(3)12-15/h5-12,27H,1-4H3. The molecule has 0 atom stereocenters. The SMILES string of the molecule is Cc1cc(F)ccc1Oc1ccc(N(C)S)cc1-c1cc(C)c(=O)n(C)c1. The van der Waals surface area contributed by atoms with Gasteiger partial charge in [-0.05, 0) is 61.9 Å². The predicted octanol–water partition coefficient (Wildman–Crippen LogP) is 4.88. The first-order chi connectivity index (χ1) is 12.8. The van der Waals surface area contributed by atoms with Crippen LogP contribution < -0.4 is 14.6 Å². The summed E-state index contributed by atoms with van der Waals surface area (Å²) in [6.45, 7) is 3.58. The van der Waals surface area contributed by atoms with E-state index in [0.29, 0.717) is 22.6 Å². The highest BCUT2D eigenvalue weighted by molar-refractivity contribution is 7.81. The van der Waals surface area contributed by atoms with E-state index in [1.165, 1.54) is 12.1 Å². The van der Waals surface area contributed by atoms with E-state index in [1.807, 2.05) is 31.3 Å². The molecular formula is C21H21FN2O2S. The molecule has 0 saturated carbocycles. The first-order valence-corrected chi connectivity index (χ1v) is 8.84. The third-order valence-corrected chi connectivity index (χ3v) is 4.60. The highest BCUT2D eigenvalue weighted by Gasteiger charge is 2.13. The predicted molar refractivity (Wildman–Crippen MR) is 110 cm³/mol. The van der Waals surface area contributed by atoms with Crippen LogP contribution in [-0.4, -0.2) is 11.6 Å². The number of hydrogen-bond acceptors (Lipinski definition) is 4. The van der Waals surface area contributed by atoms with E-state index >= 15 is 0 Å². The number of rotatable bonds is 4. The van der Waals surface area contributed by atoms with Gasteiger partial charge in [0.25, 0.3) is 5.56 Å². The van der Waals surface area contributed by atoms with Gasteiger partial charge in [-0.15, -0.1) is 0 Å². The summed E-state index contributed by atoms with van der Waals surface area (Å²) in [4.78, 5) is 12.1. The Morgan fingerprint density at radius 1 is 1.04 bits per heavy atom. The lowest BCUT2D eigenvalue weighted by Crippen LogP contribution is -2.18. The van der Waals surface area contributed by atoms with E-state index in [1.54, 1.807) is 42.0 Å². The van der Waals surface area contributed by atoms with Crippen LogP contribution in [0.25, 0.3) is 11.1 Å². The smallest absolute Gasteiger partial charge is 0.253 e. The van der Waals surface area contributed by atoms with Gasteiger partial charge >= 0.3 is 0 Å². The van der Waals surface area contributed by atoms with Gasteiger partial charge in [-0.25, -0.2) is 4.39 Å². The molecule has 0 aliphatic carbocycles. The van der Waals surface area contributed by atoms with Crippen LogP contribution in [0.4, 0.5) is 10.1 Å². The number of thiol groups is 1. The molecule has 0 amide bonds. The van der Waals surface area contributed by atoms with Crippen LogP contribution in [0.2, 0.25) is 0 Å². The fourth-order valence-electron chi connectivity index (χ4n) is 2.90. The Bertz CT molecular complexity index is 1030. The Balaban J connectivity index is 2.15. The number of hydrogen-bond donors (Lipinski definition) is 1. The summed E-state index contributed by atoms with van der Waals surface area (Å²) in [5.74, 6) is 0.883. The van der Waals surface area contributed by atoms with Gasteiger partial charge in [0, 0.05) is 42.7 Å².